The first-order chi connectivity index (χ1) is 20.6. The third-order valence-corrected chi connectivity index (χ3v) is 7.01. The van der Waals surface area contributed by atoms with Crippen LogP contribution in [-0.2, 0) is 30.3 Å². The van der Waals surface area contributed by atoms with Gasteiger partial charge in [0.1, 0.15) is 17.9 Å². The molecule has 6 atom stereocenters. The van der Waals surface area contributed by atoms with Gasteiger partial charge in [0.15, 0.2) is 35.0 Å². The number of halogens is 5. The predicted molar refractivity (Wildman–Crippen MR) is 138 cm³/mol. The van der Waals surface area contributed by atoms with Crippen molar-refractivity contribution in [3.8, 4) is 5.75 Å². The normalized spacial score (nSPS) is 17.8. The van der Waals surface area contributed by atoms with Crippen molar-refractivity contribution in [2.24, 2.45) is 11.7 Å². The number of nitrogens with zero attached hydrogens (tertiary/aromatic N) is 1. The van der Waals surface area contributed by atoms with Crippen molar-refractivity contribution in [2.45, 2.75) is 63.5 Å². The number of rotatable bonds is 13. The molecule has 0 bridgehead atoms. The molecule has 6 N–H and O–H groups in total. The molecule has 1 fully saturated rings. The van der Waals surface area contributed by atoms with Gasteiger partial charge in [-0.2, -0.15) is 0 Å². The van der Waals surface area contributed by atoms with Crippen LogP contribution in [0.1, 0.15) is 42.7 Å². The molecule has 3 rings (SSSR count). The summed E-state index contributed by atoms with van der Waals surface area (Å²) in [4.78, 5) is 54.2. The van der Waals surface area contributed by atoms with Crippen LogP contribution < -0.4 is 16.4 Å². The van der Waals surface area contributed by atoms with E-state index in [2.05, 4.69) is 15.6 Å². The summed E-state index contributed by atoms with van der Waals surface area (Å²) >= 11 is 0. The maximum absolute atomic E-state index is 14.0. The third-order valence-electron chi connectivity index (χ3n) is 7.01. The van der Waals surface area contributed by atoms with Crippen molar-refractivity contribution < 1.29 is 60.8 Å². The highest BCUT2D eigenvalue weighted by Gasteiger charge is 2.40. The number of benzene rings is 1. The lowest BCUT2D eigenvalue weighted by Gasteiger charge is -2.35. The van der Waals surface area contributed by atoms with Gasteiger partial charge in [0.25, 0.3) is 5.91 Å². The smallest absolute Gasteiger partial charge is 0.331 e. The number of aromatic hydroxyl groups is 1. The quantitative estimate of drug-likeness (QED) is 0.0925. The van der Waals surface area contributed by atoms with E-state index in [-0.39, 0.29) is 6.61 Å². The van der Waals surface area contributed by atoms with Gasteiger partial charge in [0.2, 0.25) is 17.6 Å². The molecular weight excluding hydrogens is 603 g/mol. The van der Waals surface area contributed by atoms with Crippen LogP contribution in [0.5, 0.6) is 5.75 Å². The van der Waals surface area contributed by atoms with E-state index in [0.29, 0.717) is 6.42 Å². The summed E-state index contributed by atoms with van der Waals surface area (Å²) in [6.07, 6.45) is -3.84. The number of carbonyl (C=O) groups is 4. The van der Waals surface area contributed by atoms with Gasteiger partial charge < -0.3 is 36.1 Å². The second-order valence-electron chi connectivity index (χ2n) is 9.99. The SMILES string of the molecule is CC(OC(=O)C(NC(=O)C(C)C(O)CCc1c(F)c(F)c(F)c(F)c1F)C1CCO1)C(NC(=O)c1ncccc1O)C(N)=O. The Labute approximate surface area is 246 Å². The molecule has 1 aliphatic heterocycles. The summed E-state index contributed by atoms with van der Waals surface area (Å²) in [6.45, 7) is 2.64. The van der Waals surface area contributed by atoms with Crippen LogP contribution in [0.15, 0.2) is 18.3 Å². The van der Waals surface area contributed by atoms with Gasteiger partial charge >= 0.3 is 5.97 Å². The lowest BCUT2D eigenvalue weighted by molar-refractivity contribution is -0.165. The fourth-order valence-electron chi connectivity index (χ4n) is 4.22. The standard InChI is InChI=1S/C27H29F5N4O8/c1-10(13(37)6-5-12-16(28)18(30)20(32)19(31)17(12)29)25(40)36-23(15-7-9-43-15)27(42)44-11(2)21(24(33)39)35-26(41)22-14(38)4-3-8-34-22/h3-4,8,10-11,13,15,21,23,37-38H,5-7,9H2,1-2H3,(H2,33,39)(H,35,41)(H,36,40). The Balaban J connectivity index is 1.66. The molecule has 2 aromatic rings. The van der Waals surface area contributed by atoms with Crippen LogP contribution in [0.3, 0.4) is 0 Å². The summed E-state index contributed by atoms with van der Waals surface area (Å²) in [5.74, 6) is -16.8. The number of carbonyl (C=O) groups excluding carboxylic acids is 4. The molecule has 17 heteroatoms. The van der Waals surface area contributed by atoms with E-state index >= 15 is 0 Å². The number of hydrogen-bond donors (Lipinski definition) is 5. The zero-order valence-electron chi connectivity index (χ0n) is 23.3. The first-order valence-corrected chi connectivity index (χ1v) is 13.2. The summed E-state index contributed by atoms with van der Waals surface area (Å²) in [5, 5.41) is 24.8. The van der Waals surface area contributed by atoms with Crippen molar-refractivity contribution in [3.05, 3.63) is 58.7 Å². The van der Waals surface area contributed by atoms with Crippen LogP contribution in [-0.4, -0.2) is 75.9 Å². The zero-order chi connectivity index (χ0) is 32.9. The molecule has 12 nitrogen and oxygen atoms in total. The number of esters is 1. The minimum absolute atomic E-state index is 0.230. The van der Waals surface area contributed by atoms with Crippen molar-refractivity contribution >= 4 is 23.7 Å². The van der Waals surface area contributed by atoms with Crippen molar-refractivity contribution in [3.63, 3.8) is 0 Å². The highest BCUT2D eigenvalue weighted by atomic mass is 19.2. The molecule has 0 radical (unpaired) electrons. The summed E-state index contributed by atoms with van der Waals surface area (Å²) in [6, 6.07) is -0.554. The van der Waals surface area contributed by atoms with E-state index in [1.807, 2.05) is 0 Å². The second kappa shape index (κ2) is 14.4. The molecular formula is C27H29F5N4O8. The fourth-order valence-corrected chi connectivity index (χ4v) is 4.22. The monoisotopic (exact) mass is 632 g/mol. The minimum Gasteiger partial charge on any atom is -0.505 e. The Kier molecular flexibility index (Phi) is 11.2. The number of aliphatic hydroxyl groups excluding tert-OH is 1. The highest BCUT2D eigenvalue weighted by Crippen LogP contribution is 2.25. The number of nitrogens with two attached hydrogens (primary N) is 1. The van der Waals surface area contributed by atoms with Crippen LogP contribution in [0, 0.1) is 35.0 Å². The van der Waals surface area contributed by atoms with E-state index < -0.39 is 119 Å². The van der Waals surface area contributed by atoms with E-state index in [1.54, 1.807) is 0 Å². The van der Waals surface area contributed by atoms with Gasteiger partial charge in [-0.1, -0.05) is 6.92 Å². The predicted octanol–water partition coefficient (Wildman–Crippen LogP) is 0.902. The molecule has 0 saturated carbocycles. The average Bonchev–Trinajstić information content (AvgIpc) is 2.95. The molecule has 1 aliphatic rings. The highest BCUT2D eigenvalue weighted by molar-refractivity contribution is 5.98. The minimum atomic E-state index is -2.33. The summed E-state index contributed by atoms with van der Waals surface area (Å²) in [7, 11) is 0. The number of primary amides is 1. The molecule has 44 heavy (non-hydrogen) atoms. The Morgan fingerprint density at radius 1 is 1.07 bits per heavy atom. The first kappa shape index (κ1) is 34.1. The number of ether oxygens (including phenoxy) is 2. The number of aliphatic hydroxyl groups is 1. The molecule has 0 spiro atoms. The van der Waals surface area contributed by atoms with Crippen molar-refractivity contribution in [2.75, 3.05) is 6.61 Å². The maximum atomic E-state index is 14.0. The van der Waals surface area contributed by atoms with Gasteiger partial charge in [-0.05, 0) is 38.3 Å². The largest absolute Gasteiger partial charge is 0.505 e. The molecule has 6 unspecified atom stereocenters. The van der Waals surface area contributed by atoms with E-state index in [4.69, 9.17) is 15.2 Å². The number of aromatic nitrogens is 1. The van der Waals surface area contributed by atoms with Gasteiger partial charge in [0.05, 0.1) is 18.1 Å². The van der Waals surface area contributed by atoms with Crippen LogP contribution in [0.25, 0.3) is 0 Å². The van der Waals surface area contributed by atoms with Crippen LogP contribution in [0.4, 0.5) is 22.0 Å². The van der Waals surface area contributed by atoms with Crippen LogP contribution in [0.2, 0.25) is 0 Å². The number of amides is 3. The van der Waals surface area contributed by atoms with Crippen molar-refractivity contribution in [1.82, 2.24) is 15.6 Å². The van der Waals surface area contributed by atoms with Crippen LogP contribution >= 0.6 is 0 Å². The topological polar surface area (TPSA) is 190 Å². The third kappa shape index (κ3) is 7.57. The molecule has 0 aliphatic carbocycles. The average molecular weight is 633 g/mol. The number of pyridine rings is 1. The molecule has 3 amide bonds. The van der Waals surface area contributed by atoms with Gasteiger partial charge in [-0.25, -0.2) is 31.7 Å². The Morgan fingerprint density at radius 3 is 2.18 bits per heavy atom. The Bertz CT molecular complexity index is 1400. The second-order valence-corrected chi connectivity index (χ2v) is 9.99. The van der Waals surface area contributed by atoms with Gasteiger partial charge in [-0.3, -0.25) is 14.4 Å². The zero-order valence-corrected chi connectivity index (χ0v) is 23.3. The molecule has 2 heterocycles. The Hall–Kier alpha value is -4.38. The number of hydrogen-bond acceptors (Lipinski definition) is 9. The molecule has 240 valence electrons. The van der Waals surface area contributed by atoms with E-state index in [9.17, 15) is 51.3 Å². The van der Waals surface area contributed by atoms with Gasteiger partial charge in [-0.15, -0.1) is 0 Å². The fraction of sp³-hybridized carbons (Fsp3) is 0.444. The summed E-state index contributed by atoms with van der Waals surface area (Å²) < 4.78 is 78.8. The van der Waals surface area contributed by atoms with Crippen molar-refractivity contribution in [1.29, 1.82) is 0 Å². The molecule has 1 aromatic heterocycles. The molecule has 1 aromatic carbocycles. The summed E-state index contributed by atoms with van der Waals surface area (Å²) in [5.41, 5.74) is 3.76. The maximum Gasteiger partial charge on any atom is 0.331 e. The Morgan fingerprint density at radius 2 is 1.66 bits per heavy atom. The number of nitrogens with one attached hydrogen (secondary N) is 2. The van der Waals surface area contributed by atoms with Gasteiger partial charge in [0, 0.05) is 18.4 Å². The lowest BCUT2D eigenvalue weighted by atomic mass is 9.95. The van der Waals surface area contributed by atoms with E-state index in [1.165, 1.54) is 32.2 Å². The lowest BCUT2D eigenvalue weighted by Crippen LogP contribution is -2.58. The van der Waals surface area contributed by atoms with E-state index in [0.717, 1.165) is 0 Å². The first-order valence-electron chi connectivity index (χ1n) is 13.2. The molecule has 1 saturated heterocycles.